The molecule has 0 aliphatic rings. The molecule has 0 aromatic heterocycles. The summed E-state index contributed by atoms with van der Waals surface area (Å²) in [4.78, 5) is 12.5. The molecule has 146 valence electrons. The summed E-state index contributed by atoms with van der Waals surface area (Å²) in [6.45, 7) is 8.56. The maximum Gasteiger partial charge on any atom is 0.255 e. The van der Waals surface area contributed by atoms with Gasteiger partial charge in [-0.15, -0.1) is 0 Å². The van der Waals surface area contributed by atoms with E-state index in [9.17, 15) is 4.79 Å². The normalized spacial score (nSPS) is 10.7. The van der Waals surface area contributed by atoms with Gasteiger partial charge in [-0.2, -0.15) is 0 Å². The first kappa shape index (κ1) is 20.8. The molecule has 0 aliphatic carbocycles. The topological polar surface area (TPSA) is 56.8 Å². The van der Waals surface area contributed by atoms with Gasteiger partial charge in [0, 0.05) is 23.9 Å². The van der Waals surface area contributed by atoms with Crippen LogP contribution in [0.15, 0.2) is 48.5 Å². The third kappa shape index (κ3) is 7.71. The average Bonchev–Trinajstić information content (AvgIpc) is 2.65. The average molecular weight is 371 g/mol. The molecular weight excluding hydrogens is 342 g/mol. The lowest BCUT2D eigenvalue weighted by molar-refractivity contribution is 0.102. The molecular formula is C22H29NO4. The highest BCUT2D eigenvalue weighted by molar-refractivity contribution is 6.04. The van der Waals surface area contributed by atoms with Crippen LogP contribution in [0, 0.1) is 5.92 Å². The first-order valence-corrected chi connectivity index (χ1v) is 9.43. The van der Waals surface area contributed by atoms with E-state index in [1.54, 1.807) is 18.2 Å². The number of hydrogen-bond donors (Lipinski definition) is 1. The molecule has 0 heterocycles. The van der Waals surface area contributed by atoms with Crippen molar-refractivity contribution in [3.8, 4) is 11.5 Å². The second kappa shape index (κ2) is 11.2. The standard InChI is InChI=1S/C22H29NO4/c1-4-25-13-14-27-20-9-5-7-18(15-20)22(24)23-19-8-6-10-21(16-19)26-12-11-17(2)3/h5-10,15-17H,4,11-14H2,1-3H3,(H,23,24). The SMILES string of the molecule is CCOCCOc1cccc(C(=O)Nc2cccc(OCCC(C)C)c2)c1. The number of carbonyl (C=O) groups excluding carboxylic acids is 1. The predicted octanol–water partition coefficient (Wildman–Crippen LogP) is 4.78. The Hall–Kier alpha value is -2.53. The maximum absolute atomic E-state index is 12.5. The van der Waals surface area contributed by atoms with Crippen molar-refractivity contribution in [1.82, 2.24) is 0 Å². The lowest BCUT2D eigenvalue weighted by Crippen LogP contribution is -2.12. The molecule has 0 bridgehead atoms. The van der Waals surface area contributed by atoms with Gasteiger partial charge in [-0.3, -0.25) is 4.79 Å². The highest BCUT2D eigenvalue weighted by Gasteiger charge is 2.08. The second-order valence-corrected chi connectivity index (χ2v) is 6.59. The summed E-state index contributed by atoms with van der Waals surface area (Å²) in [5.41, 5.74) is 1.24. The number of carbonyl (C=O) groups is 1. The predicted molar refractivity (Wildman–Crippen MR) is 108 cm³/mol. The van der Waals surface area contributed by atoms with Crippen LogP contribution in [0.5, 0.6) is 11.5 Å². The van der Waals surface area contributed by atoms with Crippen LogP contribution in [0.25, 0.3) is 0 Å². The van der Waals surface area contributed by atoms with Crippen molar-refractivity contribution in [2.45, 2.75) is 27.2 Å². The summed E-state index contributed by atoms with van der Waals surface area (Å²) in [5.74, 6) is 1.80. The molecule has 27 heavy (non-hydrogen) atoms. The minimum absolute atomic E-state index is 0.190. The molecule has 0 fully saturated rings. The van der Waals surface area contributed by atoms with E-state index in [-0.39, 0.29) is 5.91 Å². The Morgan fingerprint density at radius 2 is 1.67 bits per heavy atom. The van der Waals surface area contributed by atoms with Crippen molar-refractivity contribution in [3.05, 3.63) is 54.1 Å². The maximum atomic E-state index is 12.5. The first-order chi connectivity index (χ1) is 13.1. The van der Waals surface area contributed by atoms with Crippen LogP contribution in [-0.2, 0) is 4.74 Å². The Bertz CT molecular complexity index is 715. The monoisotopic (exact) mass is 371 g/mol. The van der Waals surface area contributed by atoms with Crippen LogP contribution >= 0.6 is 0 Å². The van der Waals surface area contributed by atoms with Crippen LogP contribution in [0.1, 0.15) is 37.6 Å². The summed E-state index contributed by atoms with van der Waals surface area (Å²) in [7, 11) is 0. The van der Waals surface area contributed by atoms with Crippen molar-refractivity contribution in [3.63, 3.8) is 0 Å². The largest absolute Gasteiger partial charge is 0.494 e. The van der Waals surface area contributed by atoms with E-state index in [1.165, 1.54) is 0 Å². The third-order valence-electron chi connectivity index (χ3n) is 3.85. The zero-order chi connectivity index (χ0) is 19.5. The summed E-state index contributed by atoms with van der Waals surface area (Å²) in [5, 5.41) is 2.90. The number of amides is 1. The van der Waals surface area contributed by atoms with Gasteiger partial charge >= 0.3 is 0 Å². The molecule has 0 saturated carbocycles. The molecule has 0 saturated heterocycles. The lowest BCUT2D eigenvalue weighted by atomic mass is 10.1. The quantitative estimate of drug-likeness (QED) is 0.578. The summed E-state index contributed by atoms with van der Waals surface area (Å²) >= 11 is 0. The van der Waals surface area contributed by atoms with E-state index in [2.05, 4.69) is 19.2 Å². The van der Waals surface area contributed by atoms with E-state index >= 15 is 0 Å². The highest BCUT2D eigenvalue weighted by atomic mass is 16.5. The van der Waals surface area contributed by atoms with Gasteiger partial charge in [0.05, 0.1) is 13.2 Å². The van der Waals surface area contributed by atoms with Crippen LogP contribution in [0.3, 0.4) is 0 Å². The van der Waals surface area contributed by atoms with Crippen molar-refractivity contribution < 1.29 is 19.0 Å². The third-order valence-corrected chi connectivity index (χ3v) is 3.85. The molecule has 0 unspecified atom stereocenters. The highest BCUT2D eigenvalue weighted by Crippen LogP contribution is 2.20. The van der Waals surface area contributed by atoms with Gasteiger partial charge in [-0.05, 0) is 49.6 Å². The zero-order valence-corrected chi connectivity index (χ0v) is 16.4. The fraction of sp³-hybridized carbons (Fsp3) is 0.409. The Morgan fingerprint density at radius 1 is 0.963 bits per heavy atom. The van der Waals surface area contributed by atoms with Gasteiger partial charge in [0.25, 0.3) is 5.91 Å². The molecule has 5 nitrogen and oxygen atoms in total. The Morgan fingerprint density at radius 3 is 2.41 bits per heavy atom. The van der Waals surface area contributed by atoms with Crippen LogP contribution < -0.4 is 14.8 Å². The van der Waals surface area contributed by atoms with E-state index in [0.29, 0.717) is 49.3 Å². The molecule has 2 rings (SSSR count). The second-order valence-electron chi connectivity index (χ2n) is 6.59. The Balaban J connectivity index is 1.92. The molecule has 0 spiro atoms. The summed E-state index contributed by atoms with van der Waals surface area (Å²) in [6.07, 6.45) is 0.993. The minimum Gasteiger partial charge on any atom is -0.494 e. The molecule has 5 heteroatoms. The van der Waals surface area contributed by atoms with Crippen LogP contribution in [-0.4, -0.2) is 32.3 Å². The first-order valence-electron chi connectivity index (χ1n) is 9.43. The van der Waals surface area contributed by atoms with Gasteiger partial charge in [0.2, 0.25) is 0 Å². The summed E-state index contributed by atoms with van der Waals surface area (Å²) < 4.78 is 16.6. The van der Waals surface area contributed by atoms with E-state index in [4.69, 9.17) is 14.2 Å². The van der Waals surface area contributed by atoms with Gasteiger partial charge in [-0.1, -0.05) is 26.0 Å². The number of ether oxygens (including phenoxy) is 3. The molecule has 0 aliphatic heterocycles. The van der Waals surface area contributed by atoms with E-state index in [0.717, 1.165) is 12.2 Å². The van der Waals surface area contributed by atoms with Crippen molar-refractivity contribution in [1.29, 1.82) is 0 Å². The van der Waals surface area contributed by atoms with Gasteiger partial charge < -0.3 is 19.5 Å². The summed E-state index contributed by atoms with van der Waals surface area (Å²) in [6, 6.07) is 14.5. The zero-order valence-electron chi connectivity index (χ0n) is 16.4. The fourth-order valence-electron chi connectivity index (χ4n) is 2.37. The number of nitrogens with one attached hydrogen (secondary N) is 1. The van der Waals surface area contributed by atoms with Gasteiger partial charge in [0.15, 0.2) is 0 Å². The Kier molecular flexibility index (Phi) is 8.65. The molecule has 2 aromatic rings. The molecule has 1 N–H and O–H groups in total. The lowest BCUT2D eigenvalue weighted by Gasteiger charge is -2.11. The minimum atomic E-state index is -0.190. The number of rotatable bonds is 11. The molecule has 0 atom stereocenters. The number of hydrogen-bond acceptors (Lipinski definition) is 4. The van der Waals surface area contributed by atoms with E-state index in [1.807, 2.05) is 37.3 Å². The molecule has 2 aromatic carbocycles. The van der Waals surface area contributed by atoms with Crippen LogP contribution in [0.4, 0.5) is 5.69 Å². The number of anilines is 1. The smallest absolute Gasteiger partial charge is 0.255 e. The van der Waals surface area contributed by atoms with Crippen molar-refractivity contribution in [2.24, 2.45) is 5.92 Å². The van der Waals surface area contributed by atoms with Crippen molar-refractivity contribution in [2.75, 3.05) is 31.7 Å². The van der Waals surface area contributed by atoms with E-state index < -0.39 is 0 Å². The van der Waals surface area contributed by atoms with Gasteiger partial charge in [-0.25, -0.2) is 0 Å². The molecule has 0 radical (unpaired) electrons. The molecule has 1 amide bonds. The Labute approximate surface area is 161 Å². The fourth-order valence-corrected chi connectivity index (χ4v) is 2.37. The van der Waals surface area contributed by atoms with Crippen molar-refractivity contribution >= 4 is 11.6 Å². The van der Waals surface area contributed by atoms with Gasteiger partial charge in [0.1, 0.15) is 18.1 Å². The van der Waals surface area contributed by atoms with Crippen LogP contribution in [0.2, 0.25) is 0 Å². The number of benzene rings is 2.